The molecular weight excluding hydrogens is 256 g/mol. The lowest BCUT2D eigenvalue weighted by Crippen LogP contribution is -2.41. The van der Waals surface area contributed by atoms with E-state index in [0.29, 0.717) is 6.54 Å². The van der Waals surface area contributed by atoms with Crippen LogP contribution in [0.1, 0.15) is 33.4 Å². The van der Waals surface area contributed by atoms with Crippen molar-refractivity contribution >= 4 is 6.09 Å². The van der Waals surface area contributed by atoms with Gasteiger partial charge in [-0.25, -0.2) is 4.79 Å². The number of amides is 1. The largest absolute Gasteiger partial charge is 0.444 e. The number of carbonyl (C=O) groups is 1. The van der Waals surface area contributed by atoms with Gasteiger partial charge in [-0.2, -0.15) is 5.10 Å². The summed E-state index contributed by atoms with van der Waals surface area (Å²) < 4.78 is 6.97. The van der Waals surface area contributed by atoms with Crippen molar-refractivity contribution in [1.29, 1.82) is 0 Å². The molecule has 6 heteroatoms. The predicted octanol–water partition coefficient (Wildman–Crippen LogP) is 1.47. The smallest absolute Gasteiger partial charge is 0.407 e. The van der Waals surface area contributed by atoms with E-state index in [9.17, 15) is 4.79 Å². The molecule has 0 saturated carbocycles. The van der Waals surface area contributed by atoms with Crippen molar-refractivity contribution in [2.45, 2.75) is 45.8 Å². The number of nitrogens with zero attached hydrogens (tertiary/aromatic N) is 2. The summed E-state index contributed by atoms with van der Waals surface area (Å²) in [4.78, 5) is 11.5. The maximum Gasteiger partial charge on any atom is 0.407 e. The molecule has 0 spiro atoms. The minimum Gasteiger partial charge on any atom is -0.444 e. The van der Waals surface area contributed by atoms with E-state index in [4.69, 9.17) is 4.74 Å². The van der Waals surface area contributed by atoms with Gasteiger partial charge in [0, 0.05) is 38.8 Å². The molecule has 0 aromatic carbocycles. The Morgan fingerprint density at radius 2 is 2.20 bits per heavy atom. The Balaban J connectivity index is 2.14. The molecule has 2 N–H and O–H groups in total. The van der Waals surface area contributed by atoms with Gasteiger partial charge in [0.2, 0.25) is 0 Å². The SMILES string of the molecule is CC(CNC(=O)OC(C)(C)C)NCCc1ccn(C)n1. The number of nitrogens with one attached hydrogen (secondary N) is 2. The number of aryl methyl sites for hydroxylation is 1. The third kappa shape index (κ3) is 7.13. The van der Waals surface area contributed by atoms with Crippen LogP contribution >= 0.6 is 0 Å². The molecule has 1 heterocycles. The molecule has 6 nitrogen and oxygen atoms in total. The van der Waals surface area contributed by atoms with Gasteiger partial charge in [-0.1, -0.05) is 0 Å². The molecule has 0 radical (unpaired) electrons. The highest BCUT2D eigenvalue weighted by Gasteiger charge is 2.16. The van der Waals surface area contributed by atoms with Crippen LogP contribution < -0.4 is 10.6 Å². The molecule has 1 aromatic rings. The Kier molecular flexibility index (Phi) is 6.01. The van der Waals surface area contributed by atoms with Crippen LogP contribution in [0, 0.1) is 0 Å². The molecule has 20 heavy (non-hydrogen) atoms. The summed E-state index contributed by atoms with van der Waals surface area (Å²) in [5.41, 5.74) is 0.604. The quantitative estimate of drug-likeness (QED) is 0.829. The molecule has 1 unspecified atom stereocenters. The summed E-state index contributed by atoms with van der Waals surface area (Å²) in [7, 11) is 1.91. The van der Waals surface area contributed by atoms with Crippen molar-refractivity contribution < 1.29 is 9.53 Å². The number of rotatable bonds is 6. The number of alkyl carbamates (subject to hydrolysis) is 1. The van der Waals surface area contributed by atoms with Crippen LogP contribution in [0.25, 0.3) is 0 Å². The molecule has 0 fully saturated rings. The van der Waals surface area contributed by atoms with Crippen molar-refractivity contribution in [1.82, 2.24) is 20.4 Å². The lowest BCUT2D eigenvalue weighted by molar-refractivity contribution is 0.0523. The van der Waals surface area contributed by atoms with E-state index >= 15 is 0 Å². The Morgan fingerprint density at radius 1 is 1.50 bits per heavy atom. The minimum absolute atomic E-state index is 0.186. The van der Waals surface area contributed by atoms with E-state index in [-0.39, 0.29) is 12.1 Å². The topological polar surface area (TPSA) is 68.2 Å². The number of carbonyl (C=O) groups excluding carboxylic acids is 1. The van der Waals surface area contributed by atoms with Gasteiger partial charge >= 0.3 is 6.09 Å². The molecule has 1 aromatic heterocycles. The standard InChI is InChI=1S/C14H26N4O2/c1-11(10-16-13(19)20-14(2,3)4)15-8-6-12-7-9-18(5)17-12/h7,9,11,15H,6,8,10H2,1-5H3,(H,16,19). The zero-order valence-electron chi connectivity index (χ0n) is 13.1. The zero-order chi connectivity index (χ0) is 15.2. The highest BCUT2D eigenvalue weighted by Crippen LogP contribution is 2.06. The van der Waals surface area contributed by atoms with Crippen LogP contribution in [0.5, 0.6) is 0 Å². The molecule has 114 valence electrons. The first-order valence-electron chi connectivity index (χ1n) is 6.95. The van der Waals surface area contributed by atoms with Crippen LogP contribution in [-0.4, -0.2) is 40.6 Å². The lowest BCUT2D eigenvalue weighted by Gasteiger charge is -2.21. The summed E-state index contributed by atoms with van der Waals surface area (Å²) in [5, 5.41) is 10.4. The predicted molar refractivity (Wildman–Crippen MR) is 78.6 cm³/mol. The fourth-order valence-electron chi connectivity index (χ4n) is 1.67. The average molecular weight is 282 g/mol. The third-order valence-electron chi connectivity index (χ3n) is 2.59. The van der Waals surface area contributed by atoms with Crippen LogP contribution in [0.2, 0.25) is 0 Å². The van der Waals surface area contributed by atoms with Gasteiger partial charge in [0.15, 0.2) is 0 Å². The van der Waals surface area contributed by atoms with Crippen LogP contribution in [0.3, 0.4) is 0 Å². The summed E-state index contributed by atoms with van der Waals surface area (Å²) >= 11 is 0. The summed E-state index contributed by atoms with van der Waals surface area (Å²) in [5.74, 6) is 0. The number of hydrogen-bond acceptors (Lipinski definition) is 4. The first-order chi connectivity index (χ1) is 9.26. The lowest BCUT2D eigenvalue weighted by atomic mass is 10.2. The summed E-state index contributed by atoms with van der Waals surface area (Å²) in [6.07, 6.45) is 2.43. The molecule has 1 atom stereocenters. The highest BCUT2D eigenvalue weighted by atomic mass is 16.6. The average Bonchev–Trinajstić information content (AvgIpc) is 2.70. The van der Waals surface area contributed by atoms with E-state index in [1.807, 2.05) is 47.0 Å². The van der Waals surface area contributed by atoms with Crippen LogP contribution in [0.15, 0.2) is 12.3 Å². The second kappa shape index (κ2) is 7.28. The molecule has 0 aliphatic heterocycles. The fraction of sp³-hybridized carbons (Fsp3) is 0.714. The summed E-state index contributed by atoms with van der Waals surface area (Å²) in [6.45, 7) is 8.93. The summed E-state index contributed by atoms with van der Waals surface area (Å²) in [6, 6.07) is 2.19. The van der Waals surface area contributed by atoms with E-state index in [0.717, 1.165) is 18.7 Å². The van der Waals surface area contributed by atoms with Gasteiger partial charge in [-0.05, 0) is 33.8 Å². The molecule has 0 aliphatic carbocycles. The van der Waals surface area contributed by atoms with Crippen molar-refractivity contribution in [3.8, 4) is 0 Å². The van der Waals surface area contributed by atoms with Crippen molar-refractivity contribution in [3.63, 3.8) is 0 Å². The first-order valence-corrected chi connectivity index (χ1v) is 6.95. The van der Waals surface area contributed by atoms with E-state index < -0.39 is 5.60 Å². The van der Waals surface area contributed by atoms with Crippen molar-refractivity contribution in [2.75, 3.05) is 13.1 Å². The van der Waals surface area contributed by atoms with Gasteiger partial charge < -0.3 is 15.4 Å². The molecule has 0 aliphatic rings. The third-order valence-corrected chi connectivity index (χ3v) is 2.59. The maximum absolute atomic E-state index is 11.5. The first kappa shape index (κ1) is 16.5. The maximum atomic E-state index is 11.5. The fourth-order valence-corrected chi connectivity index (χ4v) is 1.67. The van der Waals surface area contributed by atoms with E-state index in [1.165, 1.54) is 0 Å². The van der Waals surface area contributed by atoms with Gasteiger partial charge in [-0.3, -0.25) is 4.68 Å². The second-order valence-electron chi connectivity index (χ2n) is 5.97. The number of ether oxygens (including phenoxy) is 1. The Hall–Kier alpha value is -1.56. The number of hydrogen-bond donors (Lipinski definition) is 2. The van der Waals surface area contributed by atoms with E-state index in [2.05, 4.69) is 15.7 Å². The molecular formula is C14H26N4O2. The normalized spacial score (nSPS) is 13.1. The Labute approximate surface area is 120 Å². The van der Waals surface area contributed by atoms with Crippen molar-refractivity contribution in [2.24, 2.45) is 7.05 Å². The number of aromatic nitrogens is 2. The molecule has 0 saturated heterocycles. The second-order valence-corrected chi connectivity index (χ2v) is 5.97. The van der Waals surface area contributed by atoms with Gasteiger partial charge in [0.1, 0.15) is 5.60 Å². The van der Waals surface area contributed by atoms with Gasteiger partial charge in [-0.15, -0.1) is 0 Å². The van der Waals surface area contributed by atoms with E-state index in [1.54, 1.807) is 4.68 Å². The monoisotopic (exact) mass is 282 g/mol. The highest BCUT2D eigenvalue weighted by molar-refractivity contribution is 5.67. The van der Waals surface area contributed by atoms with Crippen LogP contribution in [0.4, 0.5) is 4.79 Å². The molecule has 1 amide bonds. The minimum atomic E-state index is -0.459. The Morgan fingerprint density at radius 3 is 2.75 bits per heavy atom. The zero-order valence-corrected chi connectivity index (χ0v) is 13.1. The Bertz CT molecular complexity index is 423. The van der Waals surface area contributed by atoms with Gasteiger partial charge in [0.05, 0.1) is 5.69 Å². The van der Waals surface area contributed by atoms with Crippen LogP contribution in [-0.2, 0) is 18.2 Å². The van der Waals surface area contributed by atoms with Gasteiger partial charge in [0.25, 0.3) is 0 Å². The van der Waals surface area contributed by atoms with Crippen molar-refractivity contribution in [3.05, 3.63) is 18.0 Å². The molecule has 1 rings (SSSR count). The molecule has 0 bridgehead atoms.